The molecule has 1 aliphatic rings. The number of hydrogen-bond donors (Lipinski definition) is 1. The average molecular weight is 289 g/mol. The zero-order valence-corrected chi connectivity index (χ0v) is 12.6. The monoisotopic (exact) mass is 289 g/mol. The maximum Gasteiger partial charge on any atom is 0.135 e. The summed E-state index contributed by atoms with van der Waals surface area (Å²) < 4.78 is 7.37. The number of aromatic nitrogens is 2. The van der Waals surface area contributed by atoms with Gasteiger partial charge in [0, 0.05) is 19.2 Å². The van der Waals surface area contributed by atoms with Crippen molar-refractivity contribution in [1.29, 1.82) is 0 Å². The van der Waals surface area contributed by atoms with Crippen molar-refractivity contribution in [3.05, 3.63) is 24.0 Å². The second kappa shape index (κ2) is 6.45. The lowest BCUT2D eigenvalue weighted by molar-refractivity contribution is 0.216. The van der Waals surface area contributed by atoms with Crippen molar-refractivity contribution < 1.29 is 9.84 Å². The van der Waals surface area contributed by atoms with E-state index in [1.807, 2.05) is 18.2 Å². The summed E-state index contributed by atoms with van der Waals surface area (Å²) in [6, 6.07) is 5.89. The summed E-state index contributed by atoms with van der Waals surface area (Å²) in [5.41, 5.74) is 1.95. The third kappa shape index (κ3) is 3.04. The summed E-state index contributed by atoms with van der Waals surface area (Å²) in [5, 5.41) is 9.55. The largest absolute Gasteiger partial charge is 0.497 e. The summed E-state index contributed by atoms with van der Waals surface area (Å²) in [7, 11) is 1.65. The van der Waals surface area contributed by atoms with Crippen LogP contribution in [-0.2, 0) is 13.2 Å². The molecule has 3 rings (SSSR count). The van der Waals surface area contributed by atoms with Crippen LogP contribution in [-0.4, -0.2) is 46.3 Å². The summed E-state index contributed by atoms with van der Waals surface area (Å²) in [6.45, 7) is 4.24. The zero-order valence-electron chi connectivity index (χ0n) is 12.6. The van der Waals surface area contributed by atoms with Gasteiger partial charge in [0.05, 0.1) is 18.1 Å². The molecule has 0 atom stereocenters. The van der Waals surface area contributed by atoms with E-state index in [0.717, 1.165) is 35.7 Å². The minimum Gasteiger partial charge on any atom is -0.497 e. The van der Waals surface area contributed by atoms with Crippen molar-refractivity contribution in [3.63, 3.8) is 0 Å². The highest BCUT2D eigenvalue weighted by atomic mass is 16.5. The Hall–Kier alpha value is -1.59. The SMILES string of the molecule is COc1ccc2c(c1)nc(CO)n2CCN1CCCCC1. The number of imidazole rings is 1. The van der Waals surface area contributed by atoms with E-state index in [-0.39, 0.29) is 6.61 Å². The molecule has 5 nitrogen and oxygen atoms in total. The Morgan fingerprint density at radius 3 is 2.71 bits per heavy atom. The van der Waals surface area contributed by atoms with Gasteiger partial charge in [-0.1, -0.05) is 6.42 Å². The van der Waals surface area contributed by atoms with Gasteiger partial charge in [-0.25, -0.2) is 4.98 Å². The molecule has 21 heavy (non-hydrogen) atoms. The quantitative estimate of drug-likeness (QED) is 0.915. The predicted octanol–water partition coefficient (Wildman–Crippen LogP) is 2.02. The molecule has 1 saturated heterocycles. The number of rotatable bonds is 5. The van der Waals surface area contributed by atoms with E-state index in [1.54, 1.807) is 7.11 Å². The predicted molar refractivity (Wildman–Crippen MR) is 82.5 cm³/mol. The highest BCUT2D eigenvalue weighted by Crippen LogP contribution is 2.22. The number of aliphatic hydroxyl groups is 1. The molecule has 1 aromatic heterocycles. The number of likely N-dealkylation sites (tertiary alicyclic amines) is 1. The topological polar surface area (TPSA) is 50.5 Å². The molecule has 114 valence electrons. The van der Waals surface area contributed by atoms with Gasteiger partial charge < -0.3 is 19.3 Å². The Morgan fingerprint density at radius 2 is 2.00 bits per heavy atom. The minimum atomic E-state index is -0.0308. The van der Waals surface area contributed by atoms with Crippen LogP contribution in [0.15, 0.2) is 18.2 Å². The maximum absolute atomic E-state index is 9.55. The Bertz CT molecular complexity index is 603. The van der Waals surface area contributed by atoms with Crippen LogP contribution in [0.4, 0.5) is 0 Å². The molecule has 1 fully saturated rings. The fourth-order valence-electron chi connectivity index (χ4n) is 3.08. The normalized spacial score (nSPS) is 16.5. The van der Waals surface area contributed by atoms with E-state index < -0.39 is 0 Å². The lowest BCUT2D eigenvalue weighted by Crippen LogP contribution is -2.32. The molecule has 0 aliphatic carbocycles. The second-order valence-electron chi connectivity index (χ2n) is 5.59. The lowest BCUT2D eigenvalue weighted by Gasteiger charge is -2.26. The van der Waals surface area contributed by atoms with Gasteiger partial charge in [0.1, 0.15) is 18.2 Å². The van der Waals surface area contributed by atoms with Crippen LogP contribution in [0, 0.1) is 0 Å². The number of piperidine rings is 1. The number of methoxy groups -OCH3 is 1. The number of ether oxygens (including phenoxy) is 1. The average Bonchev–Trinajstić information content (AvgIpc) is 2.90. The molecule has 0 bridgehead atoms. The van der Waals surface area contributed by atoms with Crippen LogP contribution in [0.2, 0.25) is 0 Å². The second-order valence-corrected chi connectivity index (χ2v) is 5.59. The first-order valence-electron chi connectivity index (χ1n) is 7.68. The summed E-state index contributed by atoms with van der Waals surface area (Å²) in [6.07, 6.45) is 3.95. The highest BCUT2D eigenvalue weighted by Gasteiger charge is 2.14. The van der Waals surface area contributed by atoms with Gasteiger partial charge in [0.15, 0.2) is 0 Å². The van der Waals surface area contributed by atoms with E-state index in [0.29, 0.717) is 0 Å². The number of benzene rings is 1. The first-order valence-corrected chi connectivity index (χ1v) is 7.68. The van der Waals surface area contributed by atoms with Crippen LogP contribution in [0.1, 0.15) is 25.1 Å². The molecule has 0 amide bonds. The molecule has 0 spiro atoms. The highest BCUT2D eigenvalue weighted by molar-refractivity contribution is 5.77. The zero-order chi connectivity index (χ0) is 14.7. The van der Waals surface area contributed by atoms with Crippen molar-refractivity contribution in [2.24, 2.45) is 0 Å². The Morgan fingerprint density at radius 1 is 1.19 bits per heavy atom. The van der Waals surface area contributed by atoms with E-state index in [9.17, 15) is 5.11 Å². The van der Waals surface area contributed by atoms with E-state index in [4.69, 9.17) is 4.74 Å². The van der Waals surface area contributed by atoms with Crippen molar-refractivity contribution in [2.45, 2.75) is 32.4 Å². The molecule has 2 aromatic rings. The van der Waals surface area contributed by atoms with E-state index in [2.05, 4.69) is 14.5 Å². The van der Waals surface area contributed by atoms with E-state index >= 15 is 0 Å². The molecule has 0 radical (unpaired) electrons. The Labute approximate surface area is 125 Å². The van der Waals surface area contributed by atoms with Gasteiger partial charge in [0.25, 0.3) is 0 Å². The summed E-state index contributed by atoms with van der Waals surface area (Å²) >= 11 is 0. The lowest BCUT2D eigenvalue weighted by atomic mass is 10.1. The van der Waals surface area contributed by atoms with Crippen molar-refractivity contribution in [2.75, 3.05) is 26.7 Å². The smallest absolute Gasteiger partial charge is 0.135 e. The van der Waals surface area contributed by atoms with Gasteiger partial charge in [-0.15, -0.1) is 0 Å². The van der Waals surface area contributed by atoms with Crippen molar-refractivity contribution in [3.8, 4) is 5.75 Å². The molecule has 0 saturated carbocycles. The molecule has 1 aromatic carbocycles. The van der Waals surface area contributed by atoms with Gasteiger partial charge in [-0.05, 0) is 38.1 Å². The molecular formula is C16H23N3O2. The molecule has 0 unspecified atom stereocenters. The number of fused-ring (bicyclic) bond motifs is 1. The number of hydrogen-bond acceptors (Lipinski definition) is 4. The Balaban J connectivity index is 1.82. The fourth-order valence-corrected chi connectivity index (χ4v) is 3.08. The van der Waals surface area contributed by atoms with Crippen LogP contribution < -0.4 is 4.74 Å². The van der Waals surface area contributed by atoms with Gasteiger partial charge in [-0.3, -0.25) is 0 Å². The fraction of sp³-hybridized carbons (Fsp3) is 0.562. The Kier molecular flexibility index (Phi) is 4.41. The van der Waals surface area contributed by atoms with Crippen molar-refractivity contribution in [1.82, 2.24) is 14.5 Å². The van der Waals surface area contributed by atoms with Crippen LogP contribution in [0.25, 0.3) is 11.0 Å². The molecule has 1 aliphatic heterocycles. The maximum atomic E-state index is 9.55. The van der Waals surface area contributed by atoms with Crippen LogP contribution >= 0.6 is 0 Å². The van der Waals surface area contributed by atoms with E-state index in [1.165, 1.54) is 32.4 Å². The summed E-state index contributed by atoms with van der Waals surface area (Å²) in [4.78, 5) is 7.02. The number of aliphatic hydroxyl groups excluding tert-OH is 1. The standard InChI is InChI=1S/C16H23N3O2/c1-21-13-5-6-15-14(11-13)17-16(12-20)19(15)10-9-18-7-3-2-4-8-18/h5-6,11,20H,2-4,7-10,12H2,1H3. The first-order chi connectivity index (χ1) is 10.3. The van der Waals surface area contributed by atoms with Gasteiger partial charge >= 0.3 is 0 Å². The third-order valence-corrected chi connectivity index (χ3v) is 4.26. The first kappa shape index (κ1) is 14.4. The molecule has 5 heteroatoms. The third-order valence-electron chi connectivity index (χ3n) is 4.26. The minimum absolute atomic E-state index is 0.0308. The van der Waals surface area contributed by atoms with Crippen LogP contribution in [0.3, 0.4) is 0 Å². The number of nitrogens with zero attached hydrogens (tertiary/aromatic N) is 3. The van der Waals surface area contributed by atoms with Gasteiger partial charge in [-0.2, -0.15) is 0 Å². The molecular weight excluding hydrogens is 266 g/mol. The van der Waals surface area contributed by atoms with Gasteiger partial charge in [0.2, 0.25) is 0 Å². The molecule has 1 N–H and O–H groups in total. The molecule has 2 heterocycles. The summed E-state index contributed by atoms with van der Waals surface area (Å²) in [5.74, 6) is 1.53. The van der Waals surface area contributed by atoms with Crippen molar-refractivity contribution >= 4 is 11.0 Å². The van der Waals surface area contributed by atoms with Crippen LogP contribution in [0.5, 0.6) is 5.75 Å².